The number of pyridine rings is 1. The molecule has 0 aliphatic heterocycles. The minimum Gasteiger partial charge on any atom is -0.370 e. The number of hydrogen-bond acceptors (Lipinski definition) is 3. The van der Waals surface area contributed by atoms with Crippen molar-refractivity contribution in [1.29, 1.82) is 5.26 Å². The van der Waals surface area contributed by atoms with Crippen molar-refractivity contribution < 1.29 is 0 Å². The maximum Gasteiger partial charge on any atom is 0.0643 e. The molecule has 0 spiro atoms. The molecule has 1 unspecified atom stereocenters. The van der Waals surface area contributed by atoms with Crippen LogP contribution in [0.4, 0.5) is 5.69 Å². The molecule has 0 saturated heterocycles. The SMILES string of the molecule is CC(CC#N)N(C)c1cncc(Br)c1. The Balaban J connectivity index is 2.79. The van der Waals surface area contributed by atoms with Gasteiger partial charge in [0.1, 0.15) is 0 Å². The molecule has 0 fully saturated rings. The summed E-state index contributed by atoms with van der Waals surface area (Å²) in [6.07, 6.45) is 4.05. The van der Waals surface area contributed by atoms with Crippen LogP contribution in [-0.2, 0) is 0 Å². The van der Waals surface area contributed by atoms with Crippen LogP contribution >= 0.6 is 15.9 Å². The predicted octanol–water partition coefficient (Wildman–Crippen LogP) is 2.58. The number of anilines is 1. The summed E-state index contributed by atoms with van der Waals surface area (Å²) in [7, 11) is 1.96. The van der Waals surface area contributed by atoms with E-state index in [0.717, 1.165) is 10.2 Å². The van der Waals surface area contributed by atoms with Gasteiger partial charge in [-0.25, -0.2) is 0 Å². The van der Waals surface area contributed by atoms with Gasteiger partial charge in [0.2, 0.25) is 0 Å². The molecule has 0 radical (unpaired) electrons. The summed E-state index contributed by atoms with van der Waals surface area (Å²) in [5, 5.41) is 8.59. The van der Waals surface area contributed by atoms with Gasteiger partial charge < -0.3 is 4.90 Å². The lowest BCUT2D eigenvalue weighted by atomic mass is 10.2. The summed E-state index contributed by atoms with van der Waals surface area (Å²) in [5.41, 5.74) is 1.02. The van der Waals surface area contributed by atoms with E-state index >= 15 is 0 Å². The second-order valence-corrected chi connectivity index (χ2v) is 4.10. The van der Waals surface area contributed by atoms with Gasteiger partial charge in [0, 0.05) is 23.8 Å². The molecular weight excluding hydrogens is 242 g/mol. The lowest BCUT2D eigenvalue weighted by Gasteiger charge is -2.24. The predicted molar refractivity (Wildman–Crippen MR) is 60.0 cm³/mol. The topological polar surface area (TPSA) is 39.9 Å². The van der Waals surface area contributed by atoms with Crippen molar-refractivity contribution in [2.24, 2.45) is 0 Å². The van der Waals surface area contributed by atoms with E-state index in [1.807, 2.05) is 24.9 Å². The smallest absolute Gasteiger partial charge is 0.0643 e. The highest BCUT2D eigenvalue weighted by molar-refractivity contribution is 9.10. The fraction of sp³-hybridized carbons (Fsp3) is 0.400. The highest BCUT2D eigenvalue weighted by atomic mass is 79.9. The average molecular weight is 254 g/mol. The molecule has 0 N–H and O–H groups in total. The van der Waals surface area contributed by atoms with Gasteiger partial charge in [0.05, 0.1) is 24.4 Å². The third kappa shape index (κ3) is 2.71. The highest BCUT2D eigenvalue weighted by Gasteiger charge is 2.09. The molecule has 0 bridgehead atoms. The summed E-state index contributed by atoms with van der Waals surface area (Å²) in [6, 6.07) is 4.35. The van der Waals surface area contributed by atoms with Crippen molar-refractivity contribution in [1.82, 2.24) is 4.98 Å². The van der Waals surface area contributed by atoms with E-state index in [9.17, 15) is 0 Å². The Morgan fingerprint density at radius 1 is 1.64 bits per heavy atom. The highest BCUT2D eigenvalue weighted by Crippen LogP contribution is 2.19. The van der Waals surface area contributed by atoms with E-state index in [1.54, 1.807) is 12.4 Å². The Morgan fingerprint density at radius 3 is 2.93 bits per heavy atom. The molecule has 1 aromatic rings. The summed E-state index contributed by atoms with van der Waals surface area (Å²) in [4.78, 5) is 6.12. The van der Waals surface area contributed by atoms with Gasteiger partial charge >= 0.3 is 0 Å². The monoisotopic (exact) mass is 253 g/mol. The van der Waals surface area contributed by atoms with Crippen molar-refractivity contribution >= 4 is 21.6 Å². The second-order valence-electron chi connectivity index (χ2n) is 3.18. The zero-order chi connectivity index (χ0) is 10.6. The maximum absolute atomic E-state index is 8.59. The van der Waals surface area contributed by atoms with Crippen LogP contribution in [0.15, 0.2) is 22.9 Å². The third-order valence-corrected chi connectivity index (χ3v) is 2.58. The van der Waals surface area contributed by atoms with Gasteiger partial charge in [-0.15, -0.1) is 0 Å². The molecule has 1 atom stereocenters. The van der Waals surface area contributed by atoms with Gasteiger partial charge in [0.15, 0.2) is 0 Å². The zero-order valence-electron chi connectivity index (χ0n) is 8.24. The quantitative estimate of drug-likeness (QED) is 0.832. The normalized spacial score (nSPS) is 11.9. The lowest BCUT2D eigenvalue weighted by molar-refractivity contribution is 0.701. The number of nitriles is 1. The molecule has 0 aliphatic rings. The number of halogens is 1. The number of hydrogen-bond donors (Lipinski definition) is 0. The Morgan fingerprint density at radius 2 is 2.36 bits per heavy atom. The number of rotatable bonds is 3. The van der Waals surface area contributed by atoms with Crippen molar-refractivity contribution in [3.8, 4) is 6.07 Å². The molecule has 0 saturated carbocycles. The standard InChI is InChI=1S/C10H12BrN3/c1-8(3-4-12)14(2)10-5-9(11)6-13-7-10/h5-8H,3H2,1-2H3. The number of nitrogens with zero attached hydrogens (tertiary/aromatic N) is 3. The molecule has 74 valence electrons. The fourth-order valence-electron chi connectivity index (χ4n) is 1.12. The summed E-state index contributed by atoms with van der Waals surface area (Å²) in [6.45, 7) is 2.02. The van der Waals surface area contributed by atoms with Crippen LogP contribution in [0.25, 0.3) is 0 Å². The molecule has 0 aliphatic carbocycles. The second kappa shape index (κ2) is 4.97. The first-order chi connectivity index (χ1) is 6.65. The molecule has 0 aromatic carbocycles. The van der Waals surface area contributed by atoms with Crippen LogP contribution < -0.4 is 4.90 Å². The van der Waals surface area contributed by atoms with Crippen molar-refractivity contribution in [3.63, 3.8) is 0 Å². The molecule has 4 heteroatoms. The first kappa shape index (κ1) is 11.0. The van der Waals surface area contributed by atoms with Crippen molar-refractivity contribution in [2.75, 3.05) is 11.9 Å². The number of aromatic nitrogens is 1. The van der Waals surface area contributed by atoms with Crippen LogP contribution in [0.3, 0.4) is 0 Å². The van der Waals surface area contributed by atoms with E-state index in [-0.39, 0.29) is 6.04 Å². The summed E-state index contributed by atoms with van der Waals surface area (Å²) >= 11 is 3.36. The molecule has 1 aromatic heterocycles. The molecule has 0 amide bonds. The van der Waals surface area contributed by atoms with Crippen LogP contribution in [0.5, 0.6) is 0 Å². The molecule has 14 heavy (non-hydrogen) atoms. The fourth-order valence-corrected chi connectivity index (χ4v) is 1.47. The van der Waals surface area contributed by atoms with E-state index in [4.69, 9.17) is 5.26 Å². The average Bonchev–Trinajstić information content (AvgIpc) is 2.17. The maximum atomic E-state index is 8.59. The van der Waals surface area contributed by atoms with Crippen LogP contribution in [-0.4, -0.2) is 18.1 Å². The Labute approximate surface area is 92.5 Å². The Hall–Kier alpha value is -1.08. The zero-order valence-corrected chi connectivity index (χ0v) is 9.82. The van der Waals surface area contributed by atoms with Gasteiger partial charge in [-0.05, 0) is 28.9 Å². The van der Waals surface area contributed by atoms with Crippen LogP contribution in [0, 0.1) is 11.3 Å². The van der Waals surface area contributed by atoms with E-state index < -0.39 is 0 Å². The van der Waals surface area contributed by atoms with Crippen molar-refractivity contribution in [3.05, 3.63) is 22.9 Å². The van der Waals surface area contributed by atoms with Gasteiger partial charge in [-0.1, -0.05) is 0 Å². The molecule has 1 heterocycles. The van der Waals surface area contributed by atoms with E-state index in [1.165, 1.54) is 0 Å². The van der Waals surface area contributed by atoms with Gasteiger partial charge in [-0.3, -0.25) is 4.98 Å². The van der Waals surface area contributed by atoms with Gasteiger partial charge in [0.25, 0.3) is 0 Å². The van der Waals surface area contributed by atoms with Gasteiger partial charge in [-0.2, -0.15) is 5.26 Å². The van der Waals surface area contributed by atoms with Crippen LogP contribution in [0.2, 0.25) is 0 Å². The van der Waals surface area contributed by atoms with E-state index in [2.05, 4.69) is 27.0 Å². The molecule has 3 nitrogen and oxygen atoms in total. The van der Waals surface area contributed by atoms with Crippen LogP contribution in [0.1, 0.15) is 13.3 Å². The van der Waals surface area contributed by atoms with Crippen molar-refractivity contribution in [2.45, 2.75) is 19.4 Å². The first-order valence-electron chi connectivity index (χ1n) is 4.35. The summed E-state index contributed by atoms with van der Waals surface area (Å²) in [5.74, 6) is 0. The largest absolute Gasteiger partial charge is 0.370 e. The lowest BCUT2D eigenvalue weighted by Crippen LogP contribution is -2.28. The van der Waals surface area contributed by atoms with E-state index in [0.29, 0.717) is 6.42 Å². The summed E-state index contributed by atoms with van der Waals surface area (Å²) < 4.78 is 0.950. The Bertz CT molecular complexity index is 345. The third-order valence-electron chi connectivity index (χ3n) is 2.15. The molecule has 1 rings (SSSR count). The minimum atomic E-state index is 0.205. The Kier molecular flexibility index (Phi) is 3.90. The first-order valence-corrected chi connectivity index (χ1v) is 5.14. The minimum absolute atomic E-state index is 0.205. The molecular formula is C10H12BrN3.